The van der Waals surface area contributed by atoms with Gasteiger partial charge in [-0.2, -0.15) is 0 Å². The average molecular weight is 1490 g/mol. The average Bonchev–Trinajstić information content (AvgIpc) is 1.55. The first-order valence-electron chi connectivity index (χ1n) is 40.2. The second-order valence-corrected chi connectivity index (χ2v) is 31.9. The number of rotatable bonds is 10. The summed E-state index contributed by atoms with van der Waals surface area (Å²) in [6.07, 6.45) is 4.02. The third-order valence-corrected chi connectivity index (χ3v) is 25.7. The fraction of sp³-hybridized carbons (Fsp3) is 0.0545. The van der Waals surface area contributed by atoms with E-state index in [2.05, 4.69) is 371 Å². The Morgan fingerprint density at radius 1 is 0.224 bits per heavy atom. The van der Waals surface area contributed by atoms with Crippen molar-refractivity contribution < 1.29 is 8.78 Å². The number of nitrogens with zero attached hydrogens (tertiary/aromatic N) is 4. The van der Waals surface area contributed by atoms with Gasteiger partial charge < -0.3 is 18.9 Å². The number of halogens is 2. The van der Waals surface area contributed by atoms with Crippen LogP contribution in [0.25, 0.3) is 121 Å². The number of hydrogen-bond acceptors (Lipinski definition) is 2. The van der Waals surface area contributed by atoms with E-state index in [4.69, 9.17) is 0 Å². The van der Waals surface area contributed by atoms with Crippen molar-refractivity contribution in [2.75, 3.05) is 9.80 Å². The van der Waals surface area contributed by atoms with Crippen LogP contribution in [0.15, 0.2) is 400 Å². The lowest BCUT2D eigenvalue weighted by atomic mass is 9.75. The second-order valence-electron chi connectivity index (χ2n) is 31.9. The van der Waals surface area contributed by atoms with Gasteiger partial charge >= 0.3 is 0 Å². The molecule has 24 rings (SSSR count). The predicted octanol–water partition coefficient (Wildman–Crippen LogP) is 28.6. The first-order chi connectivity index (χ1) is 57.2. The number of hydrogen-bond donors (Lipinski definition) is 0. The molecule has 4 aliphatic carbocycles. The summed E-state index contributed by atoms with van der Waals surface area (Å²) in [6.45, 7) is 0. The Morgan fingerprint density at radius 2 is 0.586 bits per heavy atom. The quantitative estimate of drug-likeness (QED) is 0.136. The number of fused-ring (bicyclic) bond motifs is 20. The van der Waals surface area contributed by atoms with Crippen molar-refractivity contribution in [3.05, 3.63) is 457 Å². The van der Waals surface area contributed by atoms with Crippen LogP contribution < -0.4 is 9.80 Å². The fourth-order valence-corrected chi connectivity index (χ4v) is 20.4. The maximum absolute atomic E-state index is 14.0. The number of anilines is 6. The van der Waals surface area contributed by atoms with Gasteiger partial charge in [-0.1, -0.05) is 261 Å². The molecule has 2 spiro atoms. The molecule has 0 unspecified atom stereocenters. The van der Waals surface area contributed by atoms with Crippen LogP contribution in [0.3, 0.4) is 0 Å². The molecule has 6 heteroatoms. The molecule has 2 aromatic heterocycles. The lowest BCUT2D eigenvalue weighted by molar-refractivity contribution is 0.563. The Kier molecular flexibility index (Phi) is 15.4. The molecular weight excluding hydrogens is 1420 g/mol. The summed E-state index contributed by atoms with van der Waals surface area (Å²) in [7, 11) is 0. The summed E-state index contributed by atoms with van der Waals surface area (Å²) < 4.78 is 32.6. The van der Waals surface area contributed by atoms with Crippen LogP contribution in [0.4, 0.5) is 42.9 Å². The molecule has 20 aromatic rings. The van der Waals surface area contributed by atoms with Crippen LogP contribution in [0.1, 0.15) is 44.5 Å². The Bertz CT molecular complexity index is 7310. The largest absolute Gasteiger partial charge is 0.310 e. The Labute approximate surface area is 671 Å². The monoisotopic (exact) mass is 1490 g/mol. The van der Waals surface area contributed by atoms with Gasteiger partial charge in [-0.3, -0.25) is 0 Å². The van der Waals surface area contributed by atoms with E-state index in [9.17, 15) is 8.78 Å². The van der Waals surface area contributed by atoms with Crippen molar-refractivity contribution in [1.29, 1.82) is 0 Å². The summed E-state index contributed by atoms with van der Waals surface area (Å²) in [5.41, 5.74) is 34.2. The molecule has 0 radical (unpaired) electrons. The molecular formula is C110H74F2N4. The van der Waals surface area contributed by atoms with Gasteiger partial charge in [0.05, 0.1) is 27.8 Å². The summed E-state index contributed by atoms with van der Waals surface area (Å²) in [6, 6.07) is 143. The van der Waals surface area contributed by atoms with E-state index in [-0.39, 0.29) is 22.5 Å². The van der Waals surface area contributed by atoms with Gasteiger partial charge in [-0.25, -0.2) is 8.78 Å². The van der Waals surface area contributed by atoms with E-state index in [0.717, 1.165) is 116 Å². The van der Waals surface area contributed by atoms with Crippen LogP contribution in [-0.4, -0.2) is 9.13 Å². The Morgan fingerprint density at radius 3 is 1.09 bits per heavy atom. The molecule has 116 heavy (non-hydrogen) atoms. The molecule has 0 N–H and O–H groups in total. The van der Waals surface area contributed by atoms with Gasteiger partial charge in [0.1, 0.15) is 11.6 Å². The molecule has 0 saturated heterocycles. The minimum atomic E-state index is -0.239. The summed E-state index contributed by atoms with van der Waals surface area (Å²) in [4.78, 5) is 4.87. The van der Waals surface area contributed by atoms with Crippen molar-refractivity contribution in [3.63, 3.8) is 0 Å². The highest BCUT2D eigenvalue weighted by Gasteiger charge is 2.49. The summed E-state index contributed by atoms with van der Waals surface area (Å²) >= 11 is 0. The molecule has 4 nitrogen and oxygen atoms in total. The highest BCUT2D eigenvalue weighted by molar-refractivity contribution is 6.12. The topological polar surface area (TPSA) is 16.3 Å². The van der Waals surface area contributed by atoms with Crippen molar-refractivity contribution in [1.82, 2.24) is 9.13 Å². The van der Waals surface area contributed by atoms with Gasteiger partial charge in [-0.15, -0.1) is 0 Å². The first-order valence-corrected chi connectivity index (χ1v) is 40.2. The number of aromatic nitrogens is 2. The molecule has 0 amide bonds. The van der Waals surface area contributed by atoms with Crippen LogP contribution >= 0.6 is 0 Å². The molecule has 0 saturated carbocycles. The maximum Gasteiger partial charge on any atom is 0.123 e. The van der Waals surface area contributed by atoms with E-state index in [1.165, 1.54) is 134 Å². The normalized spacial score (nSPS) is 13.6. The molecule has 18 aromatic carbocycles. The van der Waals surface area contributed by atoms with Crippen molar-refractivity contribution in [3.8, 4) is 55.9 Å². The highest BCUT2D eigenvalue weighted by Crippen LogP contribution is 2.59. The van der Waals surface area contributed by atoms with Gasteiger partial charge in [-0.05, 0) is 270 Å². The van der Waals surface area contributed by atoms with Gasteiger partial charge in [0, 0.05) is 77.6 Å². The second kappa shape index (κ2) is 26.6. The Balaban J connectivity index is 0.000000137. The van der Waals surface area contributed by atoms with Crippen LogP contribution in [0, 0.1) is 11.6 Å². The zero-order valence-electron chi connectivity index (χ0n) is 63.5. The first kappa shape index (κ1) is 67.3. The van der Waals surface area contributed by atoms with E-state index in [0.29, 0.717) is 0 Å². The van der Waals surface area contributed by atoms with Gasteiger partial charge in [0.25, 0.3) is 0 Å². The predicted molar refractivity (Wildman–Crippen MR) is 477 cm³/mol. The van der Waals surface area contributed by atoms with Gasteiger partial charge in [0.2, 0.25) is 0 Å². The van der Waals surface area contributed by atoms with Crippen LogP contribution in [0.2, 0.25) is 0 Å². The summed E-state index contributed by atoms with van der Waals surface area (Å²) in [5, 5.41) is 9.55. The minimum Gasteiger partial charge on any atom is -0.310 e. The number of para-hydroxylation sites is 2. The molecule has 0 atom stereocenters. The highest BCUT2D eigenvalue weighted by atomic mass is 19.1. The molecule has 4 aliphatic rings. The van der Waals surface area contributed by atoms with E-state index >= 15 is 0 Å². The van der Waals surface area contributed by atoms with Crippen LogP contribution in [0.5, 0.6) is 0 Å². The third-order valence-electron chi connectivity index (χ3n) is 25.7. The minimum absolute atomic E-state index is 0.0977. The fourth-order valence-electron chi connectivity index (χ4n) is 20.4. The maximum atomic E-state index is 14.0. The Hall–Kier alpha value is -14.5. The van der Waals surface area contributed by atoms with Crippen molar-refractivity contribution in [2.45, 2.75) is 36.5 Å². The summed E-state index contributed by atoms with van der Waals surface area (Å²) in [5.74, 6) is -0.479. The lowest BCUT2D eigenvalue weighted by Crippen LogP contribution is -2.26. The zero-order valence-corrected chi connectivity index (χ0v) is 63.5. The SMILES string of the molecule is Fc1ccc(-n2c3ccccc3c3ccc(-c4ccc(N(c5ccc6c(c5)C5(Cc7ccccc7C5)c5ccccc5-6)c5ccc6ccccc6c5)cc4)cc32)cc1.Fc1ccc(-n2c3ccccc3c3ccc(-c4ccc(N(c5ccc6c(c5)C5(Cc7ccccc7C5)c5ccccc5-6)c5cccc6ccccc56)cc4)cc32)cc1. The smallest absolute Gasteiger partial charge is 0.123 e. The van der Waals surface area contributed by atoms with E-state index in [1.807, 2.05) is 24.3 Å². The third kappa shape index (κ3) is 10.7. The molecule has 548 valence electrons. The van der Waals surface area contributed by atoms with Crippen molar-refractivity contribution >= 4 is 99.3 Å². The van der Waals surface area contributed by atoms with Gasteiger partial charge in [0.15, 0.2) is 0 Å². The lowest BCUT2D eigenvalue weighted by Gasteiger charge is -2.30. The number of benzene rings is 18. The molecule has 0 fully saturated rings. The van der Waals surface area contributed by atoms with Crippen molar-refractivity contribution in [2.24, 2.45) is 0 Å². The molecule has 0 aliphatic heterocycles. The van der Waals surface area contributed by atoms with E-state index < -0.39 is 0 Å². The van der Waals surface area contributed by atoms with Crippen LogP contribution in [-0.2, 0) is 36.5 Å². The standard InChI is InChI=1S/2C55H37FN2/c56-41-23-27-43(28-24-41)58-53-18-8-6-16-48(53)49-30-22-38(32-54(49)58)36-20-25-42(26-21-36)57(52-19-9-13-37-10-3-4-14-45(37)52)44-29-31-47-46-15-5-7-17-50(46)55(51(47)33-44)34-39-11-1-2-12-40(39)35-55;56-42-21-26-44(27-22-42)58-53-16-8-6-14-49(53)50-29-20-39(32-54(50)58)37-17-23-43(24-18-37)57(45-25-19-36-9-1-2-10-38(36)31-45)46-28-30-48-47-13-5-7-15-51(47)55(52(48)33-46)34-40-11-3-4-12-41(40)35-55/h2*1-33H,34-35H2. The molecule has 2 heterocycles. The zero-order chi connectivity index (χ0) is 76.7. The molecule has 0 bridgehead atoms. The van der Waals surface area contributed by atoms with E-state index in [1.54, 1.807) is 0 Å².